The van der Waals surface area contributed by atoms with Crippen LogP contribution in [0.25, 0.3) is 16.8 Å². The Morgan fingerprint density at radius 1 is 1.09 bits per heavy atom. The van der Waals surface area contributed by atoms with E-state index in [1.807, 2.05) is 24.4 Å². The summed E-state index contributed by atoms with van der Waals surface area (Å²) in [6.45, 7) is 0. The second-order valence-corrected chi connectivity index (χ2v) is 8.56. The van der Waals surface area contributed by atoms with Crippen LogP contribution in [-0.4, -0.2) is 31.3 Å². The molecular weight excluding hydrogens is 402 g/mol. The number of fused-ring (bicyclic) bond motifs is 3. The van der Waals surface area contributed by atoms with Crippen LogP contribution in [0.2, 0.25) is 0 Å². The van der Waals surface area contributed by atoms with Crippen LogP contribution in [0.1, 0.15) is 41.9 Å². The number of hydrogen-bond donors (Lipinski definition) is 3. The van der Waals surface area contributed by atoms with E-state index in [0.717, 1.165) is 35.4 Å². The van der Waals surface area contributed by atoms with Gasteiger partial charge < -0.3 is 16.4 Å². The number of anilines is 2. The summed E-state index contributed by atoms with van der Waals surface area (Å²) in [6, 6.07) is 13.4. The SMILES string of the molecule is Nc1nccn2c(C34CCC(CC3)N4)nc(-c3ccc(C(=O)Nc4ccccn4)cc3)c12. The Bertz CT molecular complexity index is 1310. The third-order valence-electron chi connectivity index (χ3n) is 6.66. The molecule has 0 saturated carbocycles. The van der Waals surface area contributed by atoms with Crippen molar-refractivity contribution in [3.63, 3.8) is 0 Å². The molecule has 3 aromatic heterocycles. The van der Waals surface area contributed by atoms with Gasteiger partial charge in [0.2, 0.25) is 0 Å². The van der Waals surface area contributed by atoms with Crippen LogP contribution in [0, 0.1) is 0 Å². The number of nitrogens with two attached hydrogens (primary N) is 1. The molecule has 0 aliphatic carbocycles. The Morgan fingerprint density at radius 3 is 2.59 bits per heavy atom. The maximum Gasteiger partial charge on any atom is 0.256 e. The molecule has 0 atom stereocenters. The number of carbonyl (C=O) groups excluding carboxylic acids is 1. The van der Waals surface area contributed by atoms with Crippen LogP contribution >= 0.6 is 0 Å². The lowest BCUT2D eigenvalue weighted by Gasteiger charge is -2.24. The van der Waals surface area contributed by atoms with Crippen molar-refractivity contribution < 1.29 is 4.79 Å². The van der Waals surface area contributed by atoms with E-state index in [1.54, 1.807) is 36.7 Å². The predicted octanol–water partition coefficient (Wildman–Crippen LogP) is 3.37. The monoisotopic (exact) mass is 425 g/mol. The van der Waals surface area contributed by atoms with Crippen molar-refractivity contribution in [1.29, 1.82) is 0 Å². The molecule has 4 N–H and O–H groups in total. The van der Waals surface area contributed by atoms with Crippen molar-refractivity contribution in [3.8, 4) is 11.3 Å². The second kappa shape index (κ2) is 7.13. The van der Waals surface area contributed by atoms with Crippen LogP contribution in [0.4, 0.5) is 11.6 Å². The van der Waals surface area contributed by atoms with E-state index in [-0.39, 0.29) is 11.4 Å². The van der Waals surface area contributed by atoms with E-state index in [9.17, 15) is 4.79 Å². The molecule has 0 radical (unpaired) electrons. The zero-order valence-corrected chi connectivity index (χ0v) is 17.5. The zero-order valence-electron chi connectivity index (χ0n) is 17.5. The van der Waals surface area contributed by atoms with Crippen LogP contribution < -0.4 is 16.4 Å². The first-order chi connectivity index (χ1) is 15.6. The van der Waals surface area contributed by atoms with E-state index in [4.69, 9.17) is 10.7 Å². The molecule has 2 bridgehead atoms. The number of nitrogens with one attached hydrogen (secondary N) is 2. The van der Waals surface area contributed by atoms with E-state index < -0.39 is 0 Å². The van der Waals surface area contributed by atoms with Gasteiger partial charge >= 0.3 is 0 Å². The van der Waals surface area contributed by atoms with Crippen molar-refractivity contribution >= 4 is 23.1 Å². The number of aromatic nitrogens is 4. The van der Waals surface area contributed by atoms with Gasteiger partial charge in [0.05, 0.1) is 5.54 Å². The molecule has 8 heteroatoms. The molecule has 160 valence electrons. The fraction of sp³-hybridized carbons (Fsp3) is 0.250. The summed E-state index contributed by atoms with van der Waals surface area (Å²) in [7, 11) is 0. The average Bonchev–Trinajstić information content (AvgIpc) is 3.54. The van der Waals surface area contributed by atoms with Crippen molar-refractivity contribution in [1.82, 2.24) is 24.7 Å². The van der Waals surface area contributed by atoms with Gasteiger partial charge in [0.15, 0.2) is 0 Å². The highest BCUT2D eigenvalue weighted by molar-refractivity contribution is 6.04. The van der Waals surface area contributed by atoms with Crippen molar-refractivity contribution in [2.45, 2.75) is 37.3 Å². The summed E-state index contributed by atoms with van der Waals surface area (Å²) in [5, 5.41) is 6.58. The Kier molecular flexibility index (Phi) is 4.22. The molecular formula is C24H23N7O. The normalized spacial score (nSPS) is 21.8. The van der Waals surface area contributed by atoms with Crippen LogP contribution in [0.15, 0.2) is 61.1 Å². The number of carbonyl (C=O) groups is 1. The molecule has 5 heterocycles. The van der Waals surface area contributed by atoms with Gasteiger partial charge in [-0.3, -0.25) is 9.20 Å². The quantitative estimate of drug-likeness (QED) is 0.462. The summed E-state index contributed by atoms with van der Waals surface area (Å²) in [5.74, 6) is 1.75. The highest BCUT2D eigenvalue weighted by atomic mass is 16.1. The Hall–Kier alpha value is -3.78. The first kappa shape index (κ1) is 18.9. The molecule has 6 rings (SSSR count). The Balaban J connectivity index is 1.38. The number of rotatable bonds is 4. The van der Waals surface area contributed by atoms with Gasteiger partial charge in [-0.05, 0) is 49.9 Å². The largest absolute Gasteiger partial charge is 0.382 e. The fourth-order valence-electron chi connectivity index (χ4n) is 5.09. The summed E-state index contributed by atoms with van der Waals surface area (Å²) in [6.07, 6.45) is 9.80. The molecule has 1 aromatic carbocycles. The lowest BCUT2D eigenvalue weighted by Crippen LogP contribution is -2.35. The van der Waals surface area contributed by atoms with E-state index >= 15 is 0 Å². The average molecular weight is 425 g/mol. The minimum absolute atomic E-state index is 0.109. The van der Waals surface area contributed by atoms with Gasteiger partial charge in [-0.15, -0.1) is 0 Å². The van der Waals surface area contributed by atoms with Gasteiger partial charge in [0, 0.05) is 35.8 Å². The third-order valence-corrected chi connectivity index (χ3v) is 6.66. The molecule has 4 aromatic rings. The lowest BCUT2D eigenvalue weighted by atomic mass is 9.87. The molecule has 2 saturated heterocycles. The molecule has 8 nitrogen and oxygen atoms in total. The molecule has 0 spiro atoms. The first-order valence-electron chi connectivity index (χ1n) is 10.9. The minimum atomic E-state index is -0.210. The molecule has 0 unspecified atom stereocenters. The number of nitrogens with zero attached hydrogens (tertiary/aromatic N) is 4. The summed E-state index contributed by atoms with van der Waals surface area (Å²) in [4.78, 5) is 26.1. The summed E-state index contributed by atoms with van der Waals surface area (Å²) in [5.41, 5.74) is 9.22. The molecule has 2 fully saturated rings. The van der Waals surface area contributed by atoms with E-state index in [0.29, 0.717) is 23.2 Å². The topological polar surface area (TPSA) is 110 Å². The number of pyridine rings is 1. The lowest BCUT2D eigenvalue weighted by molar-refractivity contribution is 0.102. The molecule has 32 heavy (non-hydrogen) atoms. The Labute approximate surface area is 184 Å². The zero-order chi connectivity index (χ0) is 21.7. The second-order valence-electron chi connectivity index (χ2n) is 8.56. The molecule has 2 aliphatic heterocycles. The number of nitrogen functional groups attached to an aromatic ring is 1. The first-order valence-corrected chi connectivity index (χ1v) is 10.9. The van der Waals surface area contributed by atoms with Gasteiger partial charge in [0.25, 0.3) is 5.91 Å². The van der Waals surface area contributed by atoms with Gasteiger partial charge in [-0.2, -0.15) is 0 Å². The van der Waals surface area contributed by atoms with Gasteiger partial charge in [-0.1, -0.05) is 18.2 Å². The van der Waals surface area contributed by atoms with Crippen molar-refractivity contribution in [3.05, 3.63) is 72.4 Å². The van der Waals surface area contributed by atoms with Crippen LogP contribution in [0.5, 0.6) is 0 Å². The van der Waals surface area contributed by atoms with Gasteiger partial charge in [0.1, 0.15) is 28.7 Å². The highest BCUT2D eigenvalue weighted by Crippen LogP contribution is 2.45. The summed E-state index contributed by atoms with van der Waals surface area (Å²) >= 11 is 0. The van der Waals surface area contributed by atoms with Crippen molar-refractivity contribution in [2.75, 3.05) is 11.1 Å². The van der Waals surface area contributed by atoms with E-state index in [1.165, 1.54) is 12.8 Å². The predicted molar refractivity (Wildman–Crippen MR) is 122 cm³/mol. The fourth-order valence-corrected chi connectivity index (χ4v) is 5.09. The highest BCUT2D eigenvalue weighted by Gasteiger charge is 2.48. The maximum absolute atomic E-state index is 12.6. The number of amides is 1. The molecule has 2 aliphatic rings. The minimum Gasteiger partial charge on any atom is -0.382 e. The summed E-state index contributed by atoms with van der Waals surface area (Å²) < 4.78 is 2.08. The standard InChI is InChI=1S/C24H23N7O/c25-21-20-19(15-4-6-16(7-5-15)22(32)28-18-3-1-2-12-26-18)29-23(31(20)14-13-27-21)24-10-8-17(30-24)9-11-24/h1-7,12-14,17,30H,8-11H2,(H2,25,27)(H,26,28,32). The number of benzene rings is 1. The molecule has 1 amide bonds. The Morgan fingerprint density at radius 2 is 1.91 bits per heavy atom. The van der Waals surface area contributed by atoms with Crippen molar-refractivity contribution in [2.24, 2.45) is 0 Å². The van der Waals surface area contributed by atoms with E-state index in [2.05, 4.69) is 25.0 Å². The maximum atomic E-state index is 12.6. The number of imidazole rings is 1. The smallest absolute Gasteiger partial charge is 0.256 e. The third kappa shape index (κ3) is 2.95. The van der Waals surface area contributed by atoms with Gasteiger partial charge in [-0.25, -0.2) is 15.0 Å². The van der Waals surface area contributed by atoms with Crippen LogP contribution in [0.3, 0.4) is 0 Å². The van der Waals surface area contributed by atoms with Crippen LogP contribution in [-0.2, 0) is 5.54 Å². The number of hydrogen-bond acceptors (Lipinski definition) is 6.